The Morgan fingerprint density at radius 2 is 1.64 bits per heavy atom. The van der Waals surface area contributed by atoms with Gasteiger partial charge in [-0.3, -0.25) is 0 Å². The van der Waals surface area contributed by atoms with Gasteiger partial charge in [-0.15, -0.1) is 0 Å². The molecule has 3 aromatic rings. The zero-order valence-electron chi connectivity index (χ0n) is 14.9. The first-order valence-electron chi connectivity index (χ1n) is 8.82. The van der Waals surface area contributed by atoms with E-state index in [4.69, 9.17) is 10.7 Å². The van der Waals surface area contributed by atoms with Gasteiger partial charge in [0.2, 0.25) is 0 Å². The van der Waals surface area contributed by atoms with Crippen LogP contribution in [0.1, 0.15) is 5.69 Å². The average Bonchev–Trinajstić information content (AvgIpc) is 2.62. The molecule has 0 spiro atoms. The zero-order chi connectivity index (χ0) is 17.4. The van der Waals surface area contributed by atoms with Gasteiger partial charge in [0.25, 0.3) is 0 Å². The predicted molar refractivity (Wildman–Crippen MR) is 106 cm³/mol. The van der Waals surface area contributed by atoms with Gasteiger partial charge in [-0.25, -0.2) is 4.98 Å². The molecule has 1 fully saturated rings. The van der Waals surface area contributed by atoms with Crippen LogP contribution in [-0.4, -0.2) is 43.1 Å². The lowest BCUT2D eigenvalue weighted by Gasteiger charge is -2.34. The number of benzene rings is 2. The number of piperazine rings is 1. The lowest BCUT2D eigenvalue weighted by atomic mass is 9.96. The Kier molecular flexibility index (Phi) is 4.06. The van der Waals surface area contributed by atoms with Crippen LogP contribution in [-0.2, 0) is 0 Å². The average molecular weight is 332 g/mol. The molecule has 128 valence electrons. The summed E-state index contributed by atoms with van der Waals surface area (Å²) in [5, 5.41) is 2.46. The third-order valence-electron chi connectivity index (χ3n) is 5.05. The largest absolute Gasteiger partial charge is 0.399 e. The highest BCUT2D eigenvalue weighted by Crippen LogP contribution is 2.36. The lowest BCUT2D eigenvalue weighted by Crippen LogP contribution is -2.45. The first-order valence-corrected chi connectivity index (χ1v) is 8.82. The Labute approximate surface area is 148 Å². The first-order chi connectivity index (χ1) is 12.1. The summed E-state index contributed by atoms with van der Waals surface area (Å²) in [6.45, 7) is 6.29. The van der Waals surface area contributed by atoms with Crippen molar-refractivity contribution in [3.8, 4) is 11.1 Å². The number of pyridine rings is 1. The molecule has 0 amide bonds. The van der Waals surface area contributed by atoms with E-state index in [2.05, 4.69) is 54.1 Å². The van der Waals surface area contributed by atoms with Gasteiger partial charge in [0.1, 0.15) is 5.82 Å². The third kappa shape index (κ3) is 2.94. The second kappa shape index (κ2) is 6.37. The molecule has 25 heavy (non-hydrogen) atoms. The Morgan fingerprint density at radius 3 is 2.36 bits per heavy atom. The van der Waals surface area contributed by atoms with Gasteiger partial charge < -0.3 is 15.5 Å². The van der Waals surface area contributed by atoms with Gasteiger partial charge in [-0.1, -0.05) is 36.4 Å². The van der Waals surface area contributed by atoms with Gasteiger partial charge in [0.15, 0.2) is 0 Å². The quantitative estimate of drug-likeness (QED) is 0.729. The fraction of sp³-hybridized carbons (Fsp3) is 0.286. The van der Waals surface area contributed by atoms with Crippen LogP contribution >= 0.6 is 0 Å². The normalized spacial score (nSPS) is 15.7. The lowest BCUT2D eigenvalue weighted by molar-refractivity contribution is 0.312. The summed E-state index contributed by atoms with van der Waals surface area (Å²) in [6.07, 6.45) is 0. The van der Waals surface area contributed by atoms with Gasteiger partial charge in [-0.2, -0.15) is 0 Å². The van der Waals surface area contributed by atoms with Crippen molar-refractivity contribution >= 4 is 22.3 Å². The summed E-state index contributed by atoms with van der Waals surface area (Å²) in [7, 11) is 2.18. The maximum atomic E-state index is 6.02. The molecule has 0 aliphatic carbocycles. The molecule has 4 rings (SSSR count). The SMILES string of the molecule is Cc1nc(N2CCN(C)CC2)c2ccccc2c1-c1cccc(N)c1. The molecular weight excluding hydrogens is 308 g/mol. The zero-order valence-corrected chi connectivity index (χ0v) is 14.9. The van der Waals surface area contributed by atoms with E-state index in [0.29, 0.717) is 0 Å². The van der Waals surface area contributed by atoms with Gasteiger partial charge >= 0.3 is 0 Å². The fourth-order valence-electron chi connectivity index (χ4n) is 3.68. The summed E-state index contributed by atoms with van der Waals surface area (Å²) in [5.41, 5.74) is 10.2. The summed E-state index contributed by atoms with van der Waals surface area (Å²) in [6, 6.07) is 16.7. The van der Waals surface area contributed by atoms with Crippen molar-refractivity contribution in [2.75, 3.05) is 43.9 Å². The van der Waals surface area contributed by atoms with E-state index in [1.54, 1.807) is 0 Å². The smallest absolute Gasteiger partial charge is 0.136 e. The van der Waals surface area contributed by atoms with Crippen molar-refractivity contribution in [2.45, 2.75) is 6.92 Å². The van der Waals surface area contributed by atoms with Crippen LogP contribution < -0.4 is 10.6 Å². The highest BCUT2D eigenvalue weighted by molar-refractivity contribution is 6.03. The molecular formula is C21H24N4. The molecule has 1 aromatic heterocycles. The Hall–Kier alpha value is -2.59. The van der Waals surface area contributed by atoms with Crippen molar-refractivity contribution in [1.29, 1.82) is 0 Å². The number of aryl methyl sites for hydroxylation is 1. The van der Waals surface area contributed by atoms with Crippen molar-refractivity contribution in [3.05, 3.63) is 54.2 Å². The molecule has 0 radical (unpaired) electrons. The molecule has 0 bridgehead atoms. The number of hydrogen-bond acceptors (Lipinski definition) is 4. The van der Waals surface area contributed by atoms with E-state index in [1.165, 1.54) is 16.3 Å². The molecule has 4 heteroatoms. The van der Waals surface area contributed by atoms with Crippen molar-refractivity contribution in [2.24, 2.45) is 0 Å². The number of nitrogens with two attached hydrogens (primary N) is 1. The van der Waals surface area contributed by atoms with Crippen LogP contribution in [0, 0.1) is 6.92 Å². The third-order valence-corrected chi connectivity index (χ3v) is 5.05. The summed E-state index contributed by atoms with van der Waals surface area (Å²) >= 11 is 0. The van der Waals surface area contributed by atoms with Gasteiger partial charge in [0, 0.05) is 48.5 Å². The maximum absolute atomic E-state index is 6.02. The number of rotatable bonds is 2. The Balaban J connectivity index is 1.90. The highest BCUT2D eigenvalue weighted by Gasteiger charge is 2.20. The monoisotopic (exact) mass is 332 g/mol. The minimum absolute atomic E-state index is 0.782. The maximum Gasteiger partial charge on any atom is 0.136 e. The van der Waals surface area contributed by atoms with Gasteiger partial charge in [-0.05, 0) is 37.1 Å². The molecule has 1 aliphatic heterocycles. The van der Waals surface area contributed by atoms with E-state index in [9.17, 15) is 0 Å². The summed E-state index contributed by atoms with van der Waals surface area (Å²) in [4.78, 5) is 9.81. The van der Waals surface area contributed by atoms with E-state index in [0.717, 1.165) is 48.9 Å². The van der Waals surface area contributed by atoms with Crippen molar-refractivity contribution in [3.63, 3.8) is 0 Å². The molecule has 1 aliphatic rings. The molecule has 0 unspecified atom stereocenters. The van der Waals surface area contributed by atoms with E-state index < -0.39 is 0 Å². The highest BCUT2D eigenvalue weighted by atomic mass is 15.3. The summed E-state index contributed by atoms with van der Waals surface area (Å²) in [5.74, 6) is 1.11. The molecule has 0 atom stereocenters. The van der Waals surface area contributed by atoms with Crippen LogP contribution in [0.15, 0.2) is 48.5 Å². The molecule has 4 nitrogen and oxygen atoms in total. The van der Waals surface area contributed by atoms with Crippen LogP contribution in [0.25, 0.3) is 21.9 Å². The Morgan fingerprint density at radius 1 is 0.920 bits per heavy atom. The molecule has 1 saturated heterocycles. The van der Waals surface area contributed by atoms with E-state index in [1.807, 2.05) is 18.2 Å². The number of likely N-dealkylation sites (N-methyl/N-ethyl adjacent to an activating group) is 1. The van der Waals surface area contributed by atoms with Gasteiger partial charge in [0.05, 0.1) is 0 Å². The van der Waals surface area contributed by atoms with Crippen LogP contribution in [0.4, 0.5) is 11.5 Å². The van der Waals surface area contributed by atoms with Crippen LogP contribution in [0.5, 0.6) is 0 Å². The Bertz CT molecular complexity index is 911. The first kappa shape index (κ1) is 15.9. The molecule has 2 aromatic carbocycles. The van der Waals surface area contributed by atoms with E-state index in [-0.39, 0.29) is 0 Å². The van der Waals surface area contributed by atoms with Crippen molar-refractivity contribution in [1.82, 2.24) is 9.88 Å². The minimum atomic E-state index is 0.782. The van der Waals surface area contributed by atoms with Crippen LogP contribution in [0.2, 0.25) is 0 Å². The predicted octanol–water partition coefficient (Wildman–Crippen LogP) is 3.54. The second-order valence-electron chi connectivity index (χ2n) is 6.86. The summed E-state index contributed by atoms with van der Waals surface area (Å²) < 4.78 is 0. The number of hydrogen-bond donors (Lipinski definition) is 1. The van der Waals surface area contributed by atoms with Crippen molar-refractivity contribution < 1.29 is 0 Å². The molecule has 2 N–H and O–H groups in total. The fourth-order valence-corrected chi connectivity index (χ4v) is 3.68. The minimum Gasteiger partial charge on any atom is -0.399 e. The number of nitrogens with zero attached hydrogens (tertiary/aromatic N) is 3. The molecule has 0 saturated carbocycles. The standard InChI is InChI=1S/C21H24N4/c1-15-20(16-6-5-7-17(22)14-16)18-8-3-4-9-19(18)21(23-15)25-12-10-24(2)11-13-25/h3-9,14H,10-13,22H2,1-2H3. The number of fused-ring (bicyclic) bond motifs is 1. The second-order valence-corrected chi connectivity index (χ2v) is 6.86. The topological polar surface area (TPSA) is 45.4 Å². The molecule has 2 heterocycles. The number of anilines is 2. The van der Waals surface area contributed by atoms with E-state index >= 15 is 0 Å². The number of aromatic nitrogens is 1. The number of nitrogen functional groups attached to an aromatic ring is 1. The van der Waals surface area contributed by atoms with Crippen LogP contribution in [0.3, 0.4) is 0 Å².